The second kappa shape index (κ2) is 7.67. The largest absolute Gasteiger partial charge is 0.481 e. The molecule has 7 nitrogen and oxygen atoms in total. The SMILES string of the molecule is Cc1ncc(N(C(=O)OC(C)(C)C)[C@@]2(c3cccc(F)c3)C[C@]2(C)C(=O)O)c(C(F)(F)F)n1. The van der Waals surface area contributed by atoms with Crippen molar-refractivity contribution in [1.82, 2.24) is 9.97 Å². The van der Waals surface area contributed by atoms with Gasteiger partial charge in [0.1, 0.15) is 17.2 Å². The molecule has 1 heterocycles. The molecule has 1 saturated carbocycles. The summed E-state index contributed by atoms with van der Waals surface area (Å²) in [6.07, 6.45) is -5.73. The molecule has 1 aliphatic rings. The Labute approximate surface area is 187 Å². The number of carboxylic acids is 1. The first kappa shape index (κ1) is 24.4. The maximum atomic E-state index is 14.2. The van der Waals surface area contributed by atoms with Crippen LogP contribution >= 0.6 is 0 Å². The van der Waals surface area contributed by atoms with Crippen LogP contribution in [0.1, 0.15) is 51.2 Å². The molecule has 0 saturated heterocycles. The van der Waals surface area contributed by atoms with E-state index in [2.05, 4.69) is 9.97 Å². The van der Waals surface area contributed by atoms with Crippen molar-refractivity contribution in [3.05, 3.63) is 53.4 Å². The molecule has 3 rings (SSSR count). The third-order valence-corrected chi connectivity index (χ3v) is 5.53. The van der Waals surface area contributed by atoms with E-state index in [4.69, 9.17) is 4.74 Å². The quantitative estimate of drug-likeness (QED) is 0.629. The molecular formula is C22H23F4N3O4. The number of anilines is 1. The fourth-order valence-electron chi connectivity index (χ4n) is 3.94. The Morgan fingerprint density at radius 3 is 2.33 bits per heavy atom. The average Bonchev–Trinajstić information content (AvgIpc) is 3.29. The number of alkyl halides is 3. The minimum absolute atomic E-state index is 0.00644. The Morgan fingerprint density at radius 2 is 1.85 bits per heavy atom. The third kappa shape index (κ3) is 4.23. The Hall–Kier alpha value is -3.24. The summed E-state index contributed by atoms with van der Waals surface area (Å²) in [7, 11) is 0. The summed E-state index contributed by atoms with van der Waals surface area (Å²) >= 11 is 0. The summed E-state index contributed by atoms with van der Waals surface area (Å²) in [6, 6.07) is 4.74. The number of carbonyl (C=O) groups is 2. The summed E-state index contributed by atoms with van der Waals surface area (Å²) in [5, 5.41) is 9.94. The van der Waals surface area contributed by atoms with Gasteiger partial charge >= 0.3 is 18.2 Å². The first-order valence-electron chi connectivity index (χ1n) is 9.96. The van der Waals surface area contributed by atoms with Crippen molar-refractivity contribution in [3.8, 4) is 0 Å². The molecule has 1 aromatic heterocycles. The van der Waals surface area contributed by atoms with Crippen LogP contribution in [0.3, 0.4) is 0 Å². The van der Waals surface area contributed by atoms with Gasteiger partial charge in [0.25, 0.3) is 0 Å². The predicted octanol–water partition coefficient (Wildman–Crippen LogP) is 5.07. The van der Waals surface area contributed by atoms with Crippen molar-refractivity contribution in [3.63, 3.8) is 0 Å². The highest BCUT2D eigenvalue weighted by Crippen LogP contribution is 2.67. The van der Waals surface area contributed by atoms with Crippen molar-refractivity contribution in [2.75, 3.05) is 4.90 Å². The molecular weight excluding hydrogens is 446 g/mol. The summed E-state index contributed by atoms with van der Waals surface area (Å²) in [5.74, 6) is -2.32. The van der Waals surface area contributed by atoms with Crippen molar-refractivity contribution >= 4 is 17.7 Å². The van der Waals surface area contributed by atoms with Crippen LogP contribution in [0.4, 0.5) is 28.0 Å². The van der Waals surface area contributed by atoms with Crippen molar-refractivity contribution in [1.29, 1.82) is 0 Å². The third-order valence-electron chi connectivity index (χ3n) is 5.53. The lowest BCUT2D eigenvalue weighted by molar-refractivity contribution is -0.143. The van der Waals surface area contributed by atoms with Gasteiger partial charge in [0.2, 0.25) is 0 Å². The van der Waals surface area contributed by atoms with E-state index in [0.717, 1.165) is 18.3 Å². The number of benzene rings is 1. The number of ether oxygens (including phenoxy) is 1. The molecule has 0 unspecified atom stereocenters. The molecule has 1 amide bonds. The monoisotopic (exact) mass is 469 g/mol. The Bertz CT molecular complexity index is 1120. The Morgan fingerprint density at radius 1 is 1.21 bits per heavy atom. The number of halogens is 4. The van der Waals surface area contributed by atoms with Crippen LogP contribution in [0.2, 0.25) is 0 Å². The van der Waals surface area contributed by atoms with Crippen molar-refractivity contribution in [2.24, 2.45) is 5.41 Å². The first-order chi connectivity index (χ1) is 15.0. The van der Waals surface area contributed by atoms with Gasteiger partial charge in [-0.05, 0) is 58.7 Å². The first-order valence-corrected chi connectivity index (χ1v) is 9.96. The molecule has 2 atom stereocenters. The lowest BCUT2D eigenvalue weighted by Crippen LogP contribution is -2.48. The number of aliphatic carboxylic acids is 1. The lowest BCUT2D eigenvalue weighted by atomic mass is 9.92. The summed E-state index contributed by atoms with van der Waals surface area (Å²) in [6.45, 7) is 7.06. The molecule has 11 heteroatoms. The number of rotatable bonds is 4. The fourth-order valence-corrected chi connectivity index (χ4v) is 3.94. The highest BCUT2D eigenvalue weighted by Gasteiger charge is 2.75. The standard InChI is InChI=1S/C22H23F4N3O4/c1-12-27-10-15(16(28-12)22(24,25)26)29(18(32)33-19(2,3)4)21(11-20(21,5)17(30)31)13-7-6-8-14(23)9-13/h6-10H,11H2,1-5H3,(H,30,31)/t20-,21-/m1/s1. The van der Waals surface area contributed by atoms with Gasteiger partial charge < -0.3 is 9.84 Å². The zero-order chi connectivity index (χ0) is 25.0. The van der Waals surface area contributed by atoms with Gasteiger partial charge in [-0.3, -0.25) is 9.69 Å². The molecule has 0 radical (unpaired) electrons. The summed E-state index contributed by atoms with van der Waals surface area (Å²) in [4.78, 5) is 33.5. The normalized spacial score (nSPS) is 22.6. The van der Waals surface area contributed by atoms with Crippen LogP contribution in [-0.2, 0) is 21.2 Å². The minimum atomic E-state index is -5.00. The van der Waals surface area contributed by atoms with Crippen LogP contribution in [-0.4, -0.2) is 32.7 Å². The molecule has 1 N–H and O–H groups in total. The second-order valence-corrected chi connectivity index (χ2v) is 9.15. The van der Waals surface area contributed by atoms with E-state index in [9.17, 15) is 32.3 Å². The lowest BCUT2D eigenvalue weighted by Gasteiger charge is -2.37. The number of nitrogens with zero attached hydrogens (tertiary/aromatic N) is 3. The number of carboxylic acid groups (broad SMARTS) is 1. The molecule has 1 fully saturated rings. The van der Waals surface area contributed by atoms with E-state index in [1.807, 2.05) is 0 Å². The highest BCUT2D eigenvalue weighted by atomic mass is 19.4. The van der Waals surface area contributed by atoms with Crippen LogP contribution in [0.15, 0.2) is 30.5 Å². The molecule has 178 valence electrons. The van der Waals surface area contributed by atoms with E-state index in [1.54, 1.807) is 0 Å². The fraction of sp³-hybridized carbons (Fsp3) is 0.455. The summed E-state index contributed by atoms with van der Waals surface area (Å²) < 4.78 is 61.4. The van der Waals surface area contributed by atoms with Crippen LogP contribution in [0.5, 0.6) is 0 Å². The Balaban J connectivity index is 2.37. The number of aryl methyl sites for hydroxylation is 1. The van der Waals surface area contributed by atoms with Gasteiger partial charge in [0.15, 0.2) is 5.69 Å². The molecule has 0 aliphatic heterocycles. The molecule has 0 bridgehead atoms. The number of hydrogen-bond donors (Lipinski definition) is 1. The van der Waals surface area contributed by atoms with Crippen molar-refractivity contribution in [2.45, 2.75) is 58.4 Å². The van der Waals surface area contributed by atoms with Crippen LogP contribution in [0, 0.1) is 18.2 Å². The second-order valence-electron chi connectivity index (χ2n) is 9.15. The van der Waals surface area contributed by atoms with E-state index in [0.29, 0.717) is 4.90 Å². The predicted molar refractivity (Wildman–Crippen MR) is 109 cm³/mol. The van der Waals surface area contributed by atoms with E-state index in [1.165, 1.54) is 46.8 Å². The van der Waals surface area contributed by atoms with Gasteiger partial charge in [-0.25, -0.2) is 19.2 Å². The molecule has 33 heavy (non-hydrogen) atoms. The highest BCUT2D eigenvalue weighted by molar-refractivity contribution is 5.96. The summed E-state index contributed by atoms with van der Waals surface area (Å²) in [5.41, 5.74) is -6.97. The van der Waals surface area contributed by atoms with Gasteiger partial charge in [0, 0.05) is 0 Å². The van der Waals surface area contributed by atoms with Crippen LogP contribution in [0.25, 0.3) is 0 Å². The van der Waals surface area contributed by atoms with E-state index >= 15 is 0 Å². The number of amides is 1. The number of hydrogen-bond acceptors (Lipinski definition) is 5. The maximum absolute atomic E-state index is 14.2. The van der Waals surface area contributed by atoms with Gasteiger partial charge in [-0.15, -0.1) is 0 Å². The van der Waals surface area contributed by atoms with E-state index in [-0.39, 0.29) is 17.8 Å². The van der Waals surface area contributed by atoms with E-state index < -0.39 is 52.0 Å². The molecule has 0 spiro atoms. The maximum Gasteiger partial charge on any atom is 0.435 e. The molecule has 1 aromatic carbocycles. The Kier molecular flexibility index (Phi) is 5.67. The number of carbonyl (C=O) groups excluding carboxylic acids is 1. The van der Waals surface area contributed by atoms with Crippen molar-refractivity contribution < 1.29 is 37.0 Å². The minimum Gasteiger partial charge on any atom is -0.481 e. The zero-order valence-corrected chi connectivity index (χ0v) is 18.6. The topological polar surface area (TPSA) is 92.6 Å². The number of aromatic nitrogens is 2. The average molecular weight is 469 g/mol. The molecule has 2 aromatic rings. The van der Waals surface area contributed by atoms with Gasteiger partial charge in [-0.2, -0.15) is 13.2 Å². The van der Waals surface area contributed by atoms with Gasteiger partial charge in [0.05, 0.1) is 22.8 Å². The zero-order valence-electron chi connectivity index (χ0n) is 18.6. The molecule has 1 aliphatic carbocycles. The van der Waals surface area contributed by atoms with Gasteiger partial charge in [-0.1, -0.05) is 12.1 Å². The van der Waals surface area contributed by atoms with Crippen LogP contribution < -0.4 is 4.90 Å². The smallest absolute Gasteiger partial charge is 0.435 e.